The molecule has 0 radical (unpaired) electrons. The summed E-state index contributed by atoms with van der Waals surface area (Å²) in [6.45, 7) is 1.90. The van der Waals surface area contributed by atoms with Gasteiger partial charge in [-0.25, -0.2) is 9.78 Å². The fraction of sp³-hybridized carbons (Fsp3) is 0.214. The molecule has 0 aliphatic rings. The molecule has 116 valence electrons. The summed E-state index contributed by atoms with van der Waals surface area (Å²) < 4.78 is 0. The van der Waals surface area contributed by atoms with Crippen molar-refractivity contribution in [3.05, 3.63) is 39.8 Å². The Labute approximate surface area is 136 Å². The lowest BCUT2D eigenvalue weighted by Gasteiger charge is -2.10. The van der Waals surface area contributed by atoms with Gasteiger partial charge in [-0.2, -0.15) is 0 Å². The maximum absolute atomic E-state index is 11.8. The first-order chi connectivity index (χ1) is 10.5. The number of hydrogen-bond acceptors (Lipinski definition) is 4. The zero-order chi connectivity index (χ0) is 15.9. The van der Waals surface area contributed by atoms with E-state index in [0.29, 0.717) is 29.4 Å². The number of aromatic nitrogens is 1. The number of nitrogens with zero attached hydrogens (tertiary/aromatic N) is 1. The van der Waals surface area contributed by atoms with Crippen molar-refractivity contribution in [2.45, 2.75) is 13.3 Å². The third kappa shape index (κ3) is 5.01. The van der Waals surface area contributed by atoms with Crippen LogP contribution in [0.4, 0.5) is 16.2 Å². The molecule has 0 unspecified atom stereocenters. The molecule has 1 aromatic carbocycles. The molecule has 1 heterocycles. The highest BCUT2D eigenvalue weighted by molar-refractivity contribution is 7.07. The number of anilines is 2. The molecule has 0 bridgehead atoms. The van der Waals surface area contributed by atoms with Crippen LogP contribution in [-0.4, -0.2) is 23.5 Å². The van der Waals surface area contributed by atoms with Crippen molar-refractivity contribution in [2.24, 2.45) is 0 Å². The Morgan fingerprint density at radius 1 is 1.32 bits per heavy atom. The molecule has 0 spiro atoms. The number of hydrogen-bond donors (Lipinski definition) is 3. The summed E-state index contributed by atoms with van der Waals surface area (Å²) in [4.78, 5) is 26.9. The van der Waals surface area contributed by atoms with E-state index in [2.05, 4.69) is 20.9 Å². The maximum Gasteiger partial charge on any atom is 0.319 e. The van der Waals surface area contributed by atoms with Crippen LogP contribution in [0.25, 0.3) is 0 Å². The minimum atomic E-state index is -0.343. The second-order valence-corrected chi connectivity index (χ2v) is 5.61. The van der Waals surface area contributed by atoms with Crippen molar-refractivity contribution >= 4 is 46.3 Å². The maximum atomic E-state index is 11.8. The third-order valence-electron chi connectivity index (χ3n) is 2.69. The average molecular weight is 339 g/mol. The molecule has 0 aliphatic carbocycles. The number of carbonyl (C=O) groups excluding carboxylic acids is 2. The van der Waals surface area contributed by atoms with Crippen molar-refractivity contribution in [1.82, 2.24) is 10.3 Å². The van der Waals surface area contributed by atoms with Gasteiger partial charge in [0.2, 0.25) is 5.91 Å². The first kappa shape index (κ1) is 16.3. The SMILES string of the molecule is CC(=O)Nc1ccc(NC(=O)NCCc2cscn2)c(Cl)c1. The Bertz CT molecular complexity index is 661. The second-order valence-electron chi connectivity index (χ2n) is 4.49. The molecule has 2 rings (SSSR count). The molecular formula is C14H15ClN4O2S. The molecule has 0 aliphatic heterocycles. The van der Waals surface area contributed by atoms with Crippen molar-refractivity contribution in [3.63, 3.8) is 0 Å². The summed E-state index contributed by atoms with van der Waals surface area (Å²) in [5.74, 6) is -0.184. The molecule has 3 N–H and O–H groups in total. The number of nitrogens with one attached hydrogen (secondary N) is 3. The smallest absolute Gasteiger partial charge is 0.319 e. The predicted molar refractivity (Wildman–Crippen MR) is 88.6 cm³/mol. The van der Waals surface area contributed by atoms with Crippen LogP contribution < -0.4 is 16.0 Å². The highest BCUT2D eigenvalue weighted by atomic mass is 35.5. The third-order valence-corrected chi connectivity index (χ3v) is 3.64. The first-order valence-electron chi connectivity index (χ1n) is 6.53. The Morgan fingerprint density at radius 3 is 2.77 bits per heavy atom. The molecule has 2 aromatic rings. The Hall–Kier alpha value is -2.12. The molecule has 0 saturated heterocycles. The van der Waals surface area contributed by atoms with Gasteiger partial charge in [0.05, 0.1) is 21.9 Å². The average Bonchev–Trinajstić information content (AvgIpc) is 2.94. The number of amides is 3. The molecule has 3 amide bonds. The van der Waals surface area contributed by atoms with Gasteiger partial charge >= 0.3 is 6.03 Å². The number of halogens is 1. The van der Waals surface area contributed by atoms with E-state index in [1.54, 1.807) is 23.7 Å². The lowest BCUT2D eigenvalue weighted by molar-refractivity contribution is -0.114. The zero-order valence-electron chi connectivity index (χ0n) is 11.9. The minimum absolute atomic E-state index is 0.184. The molecule has 6 nitrogen and oxygen atoms in total. The Kier molecular flexibility index (Phi) is 5.74. The fourth-order valence-electron chi connectivity index (χ4n) is 1.73. The zero-order valence-corrected chi connectivity index (χ0v) is 13.4. The highest BCUT2D eigenvalue weighted by Crippen LogP contribution is 2.25. The van der Waals surface area contributed by atoms with Gasteiger partial charge in [-0.3, -0.25) is 4.79 Å². The number of carbonyl (C=O) groups is 2. The van der Waals surface area contributed by atoms with E-state index in [0.717, 1.165) is 5.69 Å². The fourth-order valence-corrected chi connectivity index (χ4v) is 2.55. The monoisotopic (exact) mass is 338 g/mol. The van der Waals surface area contributed by atoms with Crippen LogP contribution in [0.1, 0.15) is 12.6 Å². The van der Waals surface area contributed by atoms with Crippen LogP contribution in [0, 0.1) is 0 Å². The van der Waals surface area contributed by atoms with Gasteiger partial charge < -0.3 is 16.0 Å². The summed E-state index contributed by atoms with van der Waals surface area (Å²) >= 11 is 7.59. The molecular weight excluding hydrogens is 324 g/mol. The van der Waals surface area contributed by atoms with Gasteiger partial charge in [-0.05, 0) is 18.2 Å². The van der Waals surface area contributed by atoms with Gasteiger partial charge in [0.1, 0.15) is 0 Å². The molecule has 1 aromatic heterocycles. The lowest BCUT2D eigenvalue weighted by Crippen LogP contribution is -2.30. The highest BCUT2D eigenvalue weighted by Gasteiger charge is 2.07. The van der Waals surface area contributed by atoms with Gasteiger partial charge in [0, 0.05) is 31.0 Å². The summed E-state index contributed by atoms with van der Waals surface area (Å²) in [6.07, 6.45) is 0.673. The van der Waals surface area contributed by atoms with Crippen LogP contribution >= 0.6 is 22.9 Å². The van der Waals surface area contributed by atoms with Crippen LogP contribution in [0.2, 0.25) is 5.02 Å². The van der Waals surface area contributed by atoms with Crippen LogP contribution in [0.5, 0.6) is 0 Å². The number of urea groups is 1. The quantitative estimate of drug-likeness (QED) is 0.783. The van der Waals surface area contributed by atoms with Gasteiger partial charge in [0.25, 0.3) is 0 Å². The van der Waals surface area contributed by atoms with Crippen molar-refractivity contribution in [3.8, 4) is 0 Å². The first-order valence-corrected chi connectivity index (χ1v) is 7.86. The van der Waals surface area contributed by atoms with Gasteiger partial charge in [-0.1, -0.05) is 11.6 Å². The predicted octanol–water partition coefficient (Wildman–Crippen LogP) is 3.12. The minimum Gasteiger partial charge on any atom is -0.337 e. The van der Waals surface area contributed by atoms with E-state index in [-0.39, 0.29) is 11.9 Å². The number of thiazole rings is 1. The standard InChI is InChI=1S/C14H15ClN4O2S/c1-9(20)18-10-2-3-13(12(15)6-10)19-14(21)16-5-4-11-7-22-8-17-11/h2-3,6-8H,4-5H2,1H3,(H,18,20)(H2,16,19,21). The normalized spacial score (nSPS) is 10.1. The molecule has 0 atom stereocenters. The Morgan fingerprint density at radius 2 is 2.14 bits per heavy atom. The van der Waals surface area contributed by atoms with Crippen molar-refractivity contribution < 1.29 is 9.59 Å². The van der Waals surface area contributed by atoms with Crippen molar-refractivity contribution in [2.75, 3.05) is 17.2 Å². The summed E-state index contributed by atoms with van der Waals surface area (Å²) in [5, 5.41) is 10.3. The summed E-state index contributed by atoms with van der Waals surface area (Å²) in [6, 6.07) is 4.53. The molecule has 22 heavy (non-hydrogen) atoms. The van der Waals surface area contributed by atoms with E-state index in [1.165, 1.54) is 18.3 Å². The van der Waals surface area contributed by atoms with E-state index in [9.17, 15) is 9.59 Å². The second kappa shape index (κ2) is 7.77. The topological polar surface area (TPSA) is 83.1 Å². The van der Waals surface area contributed by atoms with E-state index >= 15 is 0 Å². The van der Waals surface area contributed by atoms with Crippen molar-refractivity contribution in [1.29, 1.82) is 0 Å². The van der Waals surface area contributed by atoms with Gasteiger partial charge in [-0.15, -0.1) is 11.3 Å². The van der Waals surface area contributed by atoms with E-state index < -0.39 is 0 Å². The van der Waals surface area contributed by atoms with Gasteiger partial charge in [0.15, 0.2) is 0 Å². The summed E-state index contributed by atoms with van der Waals surface area (Å²) in [5.41, 5.74) is 3.75. The molecule has 0 saturated carbocycles. The molecule has 8 heteroatoms. The van der Waals surface area contributed by atoms with Crippen LogP contribution in [0.15, 0.2) is 29.1 Å². The van der Waals surface area contributed by atoms with E-state index in [4.69, 9.17) is 11.6 Å². The summed E-state index contributed by atoms with van der Waals surface area (Å²) in [7, 11) is 0. The molecule has 0 fully saturated rings. The van der Waals surface area contributed by atoms with E-state index in [1.807, 2.05) is 5.38 Å². The van der Waals surface area contributed by atoms with Crippen LogP contribution in [-0.2, 0) is 11.2 Å². The number of benzene rings is 1. The largest absolute Gasteiger partial charge is 0.337 e. The lowest BCUT2D eigenvalue weighted by atomic mass is 10.2. The van der Waals surface area contributed by atoms with Crippen LogP contribution in [0.3, 0.4) is 0 Å². The Balaban J connectivity index is 1.84. The number of rotatable bonds is 5.